The Kier molecular flexibility index (Phi) is 8.08. The Hall–Kier alpha value is -4.02. The average Bonchev–Trinajstić information content (AvgIpc) is 3.67. The summed E-state index contributed by atoms with van der Waals surface area (Å²) in [6, 6.07) is 10.0. The highest BCUT2D eigenvalue weighted by atomic mass is 16.5. The Morgan fingerprint density at radius 3 is 2.79 bits per heavy atom. The normalized spacial score (nSPS) is 19.4. The third-order valence-corrected chi connectivity index (χ3v) is 8.34. The van der Waals surface area contributed by atoms with Crippen molar-refractivity contribution in [2.75, 3.05) is 38.5 Å². The van der Waals surface area contributed by atoms with Gasteiger partial charge in [0, 0.05) is 54.4 Å². The van der Waals surface area contributed by atoms with Gasteiger partial charge in [0.15, 0.2) is 0 Å². The minimum absolute atomic E-state index is 0.125. The first-order chi connectivity index (χ1) is 20.4. The monoisotopic (exact) mass is 568 g/mol. The number of benzene rings is 1. The van der Waals surface area contributed by atoms with Gasteiger partial charge in [-0.1, -0.05) is 20.4 Å². The summed E-state index contributed by atoms with van der Waals surface area (Å²) in [4.78, 5) is 30.3. The van der Waals surface area contributed by atoms with Crippen molar-refractivity contribution in [2.45, 2.75) is 51.8 Å². The summed E-state index contributed by atoms with van der Waals surface area (Å²) in [6.45, 7) is 12.5. The first kappa shape index (κ1) is 28.1. The second kappa shape index (κ2) is 12.1. The molecule has 2 aliphatic heterocycles. The molecular formula is C32H40N8O2. The van der Waals surface area contributed by atoms with Crippen LogP contribution in [0.5, 0.6) is 5.75 Å². The number of rotatable bonds is 9. The number of hydrogen-bond acceptors (Lipinski definition) is 8. The van der Waals surface area contributed by atoms with Gasteiger partial charge in [-0.05, 0) is 81.2 Å². The predicted molar refractivity (Wildman–Crippen MR) is 166 cm³/mol. The molecule has 0 amide bonds. The van der Waals surface area contributed by atoms with E-state index in [1.807, 2.05) is 50.4 Å². The summed E-state index contributed by atoms with van der Waals surface area (Å²) in [7, 11) is 2.13. The van der Waals surface area contributed by atoms with E-state index in [0.717, 1.165) is 73.7 Å². The number of aromatic nitrogens is 5. The molecule has 0 spiro atoms. The van der Waals surface area contributed by atoms with Crippen molar-refractivity contribution in [1.82, 2.24) is 34.3 Å². The van der Waals surface area contributed by atoms with Crippen LogP contribution in [0.3, 0.4) is 0 Å². The van der Waals surface area contributed by atoms with Crippen LogP contribution in [0.15, 0.2) is 60.3 Å². The van der Waals surface area contributed by atoms with E-state index in [4.69, 9.17) is 9.72 Å². The summed E-state index contributed by atoms with van der Waals surface area (Å²) >= 11 is 0. The van der Waals surface area contributed by atoms with E-state index >= 15 is 0 Å². The van der Waals surface area contributed by atoms with E-state index in [1.54, 1.807) is 17.0 Å². The Morgan fingerprint density at radius 1 is 1.21 bits per heavy atom. The fourth-order valence-corrected chi connectivity index (χ4v) is 5.88. The first-order valence-corrected chi connectivity index (χ1v) is 14.9. The number of nitrogens with zero attached hydrogens (tertiary/aromatic N) is 6. The average molecular weight is 569 g/mol. The number of imidazole rings is 1. The van der Waals surface area contributed by atoms with E-state index in [9.17, 15) is 4.79 Å². The van der Waals surface area contributed by atoms with Crippen LogP contribution in [-0.4, -0.2) is 68.3 Å². The molecule has 2 N–H and O–H groups in total. The summed E-state index contributed by atoms with van der Waals surface area (Å²) < 4.78 is 10.1. The lowest BCUT2D eigenvalue weighted by molar-refractivity contribution is 0.104. The number of hydrogen-bond donors (Lipinski definition) is 2. The zero-order valence-corrected chi connectivity index (χ0v) is 24.7. The van der Waals surface area contributed by atoms with Crippen molar-refractivity contribution >= 4 is 28.2 Å². The molecule has 5 heterocycles. The van der Waals surface area contributed by atoms with Crippen molar-refractivity contribution in [3.8, 4) is 5.75 Å². The minimum Gasteiger partial charge on any atom is -0.489 e. The Labute approximate surface area is 246 Å². The summed E-state index contributed by atoms with van der Waals surface area (Å²) in [5.74, 6) is 2.22. The van der Waals surface area contributed by atoms with Crippen molar-refractivity contribution < 1.29 is 4.74 Å². The zero-order valence-electron chi connectivity index (χ0n) is 24.7. The molecule has 2 fully saturated rings. The molecule has 2 saturated heterocycles. The molecule has 0 saturated carbocycles. The Balaban J connectivity index is 1.30. The molecule has 220 valence electrons. The molecule has 6 rings (SSSR count). The minimum atomic E-state index is -0.125. The van der Waals surface area contributed by atoms with Gasteiger partial charge in [0.1, 0.15) is 23.3 Å². The number of nitrogens with one attached hydrogen (secondary N) is 2. The molecule has 0 radical (unpaired) electrons. The van der Waals surface area contributed by atoms with Crippen molar-refractivity contribution in [1.29, 1.82) is 0 Å². The van der Waals surface area contributed by atoms with Crippen molar-refractivity contribution in [3.05, 3.63) is 77.2 Å². The molecule has 2 aliphatic rings. The molecule has 0 bridgehead atoms. The van der Waals surface area contributed by atoms with Gasteiger partial charge in [-0.25, -0.2) is 9.97 Å². The molecule has 2 atom stereocenters. The maximum Gasteiger partial charge on any atom is 0.260 e. The second-order valence-corrected chi connectivity index (χ2v) is 11.8. The van der Waals surface area contributed by atoms with Gasteiger partial charge in [-0.3, -0.25) is 9.36 Å². The van der Waals surface area contributed by atoms with Crippen LogP contribution in [0.2, 0.25) is 0 Å². The van der Waals surface area contributed by atoms with Crippen LogP contribution in [0.4, 0.5) is 11.6 Å². The van der Waals surface area contributed by atoms with Gasteiger partial charge in [-0.15, -0.1) is 0 Å². The fourth-order valence-electron chi connectivity index (χ4n) is 5.88. The lowest BCUT2D eigenvalue weighted by Gasteiger charge is -2.30. The molecule has 42 heavy (non-hydrogen) atoms. The third kappa shape index (κ3) is 5.96. The summed E-state index contributed by atoms with van der Waals surface area (Å²) in [6.07, 6.45) is 9.03. The van der Waals surface area contributed by atoms with Crippen LogP contribution in [-0.2, 0) is 6.54 Å². The molecule has 10 nitrogen and oxygen atoms in total. The molecule has 0 aliphatic carbocycles. The summed E-state index contributed by atoms with van der Waals surface area (Å²) in [5, 5.41) is 7.50. The largest absolute Gasteiger partial charge is 0.489 e. The highest BCUT2D eigenvalue weighted by Gasteiger charge is 2.22. The number of likely N-dealkylation sites (tertiary alicyclic amines) is 1. The van der Waals surface area contributed by atoms with Crippen LogP contribution in [0.1, 0.15) is 50.5 Å². The molecule has 1 aromatic carbocycles. The van der Waals surface area contributed by atoms with E-state index in [0.29, 0.717) is 29.7 Å². The van der Waals surface area contributed by atoms with E-state index in [2.05, 4.69) is 43.7 Å². The molecular weight excluding hydrogens is 528 g/mol. The molecule has 4 aromatic rings. The number of allylic oxidation sites excluding steroid dienone is 1. The lowest BCUT2D eigenvalue weighted by atomic mass is 9.97. The Bertz CT molecular complexity index is 1620. The zero-order chi connectivity index (χ0) is 29.2. The van der Waals surface area contributed by atoms with Crippen LogP contribution < -0.4 is 20.9 Å². The molecule has 10 heteroatoms. The fraction of sp³-hybridized carbons (Fsp3) is 0.438. The molecule has 2 unspecified atom stereocenters. The second-order valence-electron chi connectivity index (χ2n) is 11.8. The highest BCUT2D eigenvalue weighted by Crippen LogP contribution is 2.25. The molecule has 3 aromatic heterocycles. The van der Waals surface area contributed by atoms with Crippen molar-refractivity contribution in [2.24, 2.45) is 5.92 Å². The highest BCUT2D eigenvalue weighted by molar-refractivity contribution is 5.81. The SMILES string of the molecule is C=C(c1cc2cnc(Nc3ccc(OC4CCCN(C)C4)cc3)nc2n(Cc2nccn2C2CCNC2)c1=O)C(C)C. The maximum absolute atomic E-state index is 13.9. The topological polar surface area (TPSA) is 102 Å². The van der Waals surface area contributed by atoms with E-state index in [-0.39, 0.29) is 17.6 Å². The van der Waals surface area contributed by atoms with Crippen LogP contribution in [0.25, 0.3) is 16.6 Å². The lowest BCUT2D eigenvalue weighted by Crippen LogP contribution is -2.38. The van der Waals surface area contributed by atoms with Crippen molar-refractivity contribution in [3.63, 3.8) is 0 Å². The van der Waals surface area contributed by atoms with Gasteiger partial charge in [-0.2, -0.15) is 4.98 Å². The van der Waals surface area contributed by atoms with Gasteiger partial charge in [0.25, 0.3) is 5.56 Å². The number of piperidine rings is 1. The number of fused-ring (bicyclic) bond motifs is 1. The number of pyridine rings is 1. The van der Waals surface area contributed by atoms with Gasteiger partial charge >= 0.3 is 0 Å². The van der Waals surface area contributed by atoms with Crippen LogP contribution >= 0.6 is 0 Å². The van der Waals surface area contributed by atoms with E-state index in [1.165, 1.54) is 0 Å². The smallest absolute Gasteiger partial charge is 0.260 e. The predicted octanol–water partition coefficient (Wildman–Crippen LogP) is 4.46. The maximum atomic E-state index is 13.9. The number of ether oxygens (including phenoxy) is 1. The van der Waals surface area contributed by atoms with Gasteiger partial charge in [0.2, 0.25) is 5.95 Å². The summed E-state index contributed by atoms with van der Waals surface area (Å²) in [5.41, 5.74) is 2.65. The quantitative estimate of drug-likeness (QED) is 0.305. The number of anilines is 2. The third-order valence-electron chi connectivity index (χ3n) is 8.34. The standard InChI is InChI=1S/C32H40N8O2/c1-21(2)22(3)28-16-23-17-35-32(36-24-7-9-26(10-8-24)42-27-6-5-14-38(4)19-27)37-30(23)40(31(28)41)20-29-34-13-15-39(29)25-11-12-33-18-25/h7-10,13,15-17,21,25,27,33H,3,5-6,11-12,14,18-20H2,1-2,4H3,(H,35,36,37). The van der Waals surface area contributed by atoms with E-state index < -0.39 is 0 Å². The van der Waals surface area contributed by atoms with Gasteiger partial charge < -0.3 is 24.8 Å². The Morgan fingerprint density at radius 2 is 2.05 bits per heavy atom. The van der Waals surface area contributed by atoms with Crippen LogP contribution in [0, 0.1) is 5.92 Å². The van der Waals surface area contributed by atoms with Gasteiger partial charge in [0.05, 0.1) is 6.54 Å². The number of likely N-dealkylation sites (N-methyl/N-ethyl adjacent to an activating group) is 1. The first-order valence-electron chi connectivity index (χ1n) is 14.9.